The van der Waals surface area contributed by atoms with Crippen LogP contribution in [-0.2, 0) is 9.16 Å². The molecule has 0 aliphatic carbocycles. The van der Waals surface area contributed by atoms with Crippen LogP contribution in [-0.4, -0.2) is 29.4 Å². The van der Waals surface area contributed by atoms with Gasteiger partial charge in [-0.3, -0.25) is 0 Å². The molecule has 3 heteroatoms. The summed E-state index contributed by atoms with van der Waals surface area (Å²) in [5.74, 6) is 0. The van der Waals surface area contributed by atoms with Gasteiger partial charge in [-0.25, -0.2) is 0 Å². The zero-order valence-corrected chi connectivity index (χ0v) is 6.73. The SMILES string of the molecule is COCCO[Si](C)C. The van der Waals surface area contributed by atoms with E-state index in [1.807, 2.05) is 0 Å². The standard InChI is InChI=1S/C5H13O2Si/c1-6-4-5-7-8(2)3/h4-5H2,1-3H3. The molecule has 0 aliphatic rings. The van der Waals surface area contributed by atoms with Crippen LogP contribution in [0.5, 0.6) is 0 Å². The predicted molar refractivity (Wildman–Crippen MR) is 35.3 cm³/mol. The van der Waals surface area contributed by atoms with Crippen LogP contribution in [0.2, 0.25) is 13.1 Å². The summed E-state index contributed by atoms with van der Waals surface area (Å²) in [6.45, 7) is 5.69. The highest BCUT2D eigenvalue weighted by atomic mass is 28.3. The van der Waals surface area contributed by atoms with Gasteiger partial charge in [-0.15, -0.1) is 0 Å². The minimum atomic E-state index is -0.487. The molecule has 0 aliphatic heterocycles. The van der Waals surface area contributed by atoms with Crippen molar-refractivity contribution in [2.75, 3.05) is 20.3 Å². The average Bonchev–Trinajstić information content (AvgIpc) is 1.66. The Morgan fingerprint density at radius 1 is 1.25 bits per heavy atom. The molecule has 1 radical (unpaired) electrons. The van der Waals surface area contributed by atoms with E-state index in [-0.39, 0.29) is 0 Å². The molecule has 49 valence electrons. The monoisotopic (exact) mass is 133 g/mol. The van der Waals surface area contributed by atoms with Gasteiger partial charge < -0.3 is 9.16 Å². The molecule has 0 atom stereocenters. The van der Waals surface area contributed by atoms with Gasteiger partial charge in [0.2, 0.25) is 9.04 Å². The Labute approximate surface area is 52.5 Å². The Morgan fingerprint density at radius 2 is 1.88 bits per heavy atom. The Morgan fingerprint density at radius 3 is 2.25 bits per heavy atom. The summed E-state index contributed by atoms with van der Waals surface area (Å²) in [4.78, 5) is 0. The highest BCUT2D eigenvalue weighted by Crippen LogP contribution is 1.81. The van der Waals surface area contributed by atoms with Gasteiger partial charge in [0.25, 0.3) is 0 Å². The maximum absolute atomic E-state index is 5.26. The van der Waals surface area contributed by atoms with Crippen LogP contribution < -0.4 is 0 Å². The molecule has 8 heavy (non-hydrogen) atoms. The van der Waals surface area contributed by atoms with Crippen LogP contribution >= 0.6 is 0 Å². The molecule has 0 bridgehead atoms. The van der Waals surface area contributed by atoms with E-state index < -0.39 is 9.04 Å². The molecule has 2 nitrogen and oxygen atoms in total. The first kappa shape index (κ1) is 8.14. The van der Waals surface area contributed by atoms with Crippen molar-refractivity contribution < 1.29 is 9.16 Å². The van der Waals surface area contributed by atoms with E-state index in [2.05, 4.69) is 13.1 Å². The summed E-state index contributed by atoms with van der Waals surface area (Å²) >= 11 is 0. The zero-order valence-electron chi connectivity index (χ0n) is 5.73. The molecule has 0 aromatic heterocycles. The van der Waals surface area contributed by atoms with E-state index >= 15 is 0 Å². The first-order valence-corrected chi connectivity index (χ1v) is 5.10. The van der Waals surface area contributed by atoms with Crippen molar-refractivity contribution in [2.24, 2.45) is 0 Å². The fourth-order valence-electron chi connectivity index (χ4n) is 0.329. The summed E-state index contributed by atoms with van der Waals surface area (Å²) in [6.07, 6.45) is 0. The molecule has 0 N–H and O–H groups in total. The lowest BCUT2D eigenvalue weighted by atomic mass is 10.8. The number of hydrogen-bond acceptors (Lipinski definition) is 2. The average molecular weight is 133 g/mol. The second-order valence-corrected chi connectivity index (χ2v) is 3.85. The van der Waals surface area contributed by atoms with Gasteiger partial charge in [0.05, 0.1) is 13.2 Å². The van der Waals surface area contributed by atoms with Crippen LogP contribution in [0.4, 0.5) is 0 Å². The first-order chi connectivity index (χ1) is 3.77. The highest BCUT2D eigenvalue weighted by molar-refractivity contribution is 6.48. The molecule has 0 saturated carbocycles. The van der Waals surface area contributed by atoms with E-state index in [9.17, 15) is 0 Å². The minimum Gasteiger partial charge on any atom is -0.415 e. The van der Waals surface area contributed by atoms with Crippen molar-refractivity contribution in [3.05, 3.63) is 0 Å². The Kier molecular flexibility index (Phi) is 5.37. The summed E-state index contributed by atoms with van der Waals surface area (Å²) in [5.41, 5.74) is 0. The molecule has 0 aromatic rings. The summed E-state index contributed by atoms with van der Waals surface area (Å²) < 4.78 is 10.0. The Balaban J connectivity index is 2.72. The minimum absolute atomic E-state index is 0.487. The molecular weight excluding hydrogens is 120 g/mol. The third-order valence-electron chi connectivity index (χ3n) is 0.678. The lowest BCUT2D eigenvalue weighted by molar-refractivity contribution is 0.147. The van der Waals surface area contributed by atoms with Gasteiger partial charge in [-0.05, 0) is 13.1 Å². The van der Waals surface area contributed by atoms with Gasteiger partial charge in [0.1, 0.15) is 0 Å². The van der Waals surface area contributed by atoms with Crippen molar-refractivity contribution in [2.45, 2.75) is 13.1 Å². The molecule has 0 spiro atoms. The molecule has 0 aromatic carbocycles. The van der Waals surface area contributed by atoms with Crippen molar-refractivity contribution in [3.63, 3.8) is 0 Å². The zero-order chi connectivity index (χ0) is 6.41. The Hall–Kier alpha value is 0.137. The van der Waals surface area contributed by atoms with Gasteiger partial charge in [-0.2, -0.15) is 0 Å². The van der Waals surface area contributed by atoms with E-state index in [0.29, 0.717) is 0 Å². The summed E-state index contributed by atoms with van der Waals surface area (Å²) in [5, 5.41) is 0. The topological polar surface area (TPSA) is 18.5 Å². The van der Waals surface area contributed by atoms with E-state index in [1.165, 1.54) is 0 Å². The molecule has 0 amide bonds. The summed E-state index contributed by atoms with van der Waals surface area (Å²) in [7, 11) is 1.19. The van der Waals surface area contributed by atoms with E-state index in [0.717, 1.165) is 13.2 Å². The fourth-order valence-corrected chi connectivity index (χ4v) is 0.821. The van der Waals surface area contributed by atoms with Crippen LogP contribution in [0.25, 0.3) is 0 Å². The predicted octanol–water partition coefficient (Wildman–Crippen LogP) is 0.901. The van der Waals surface area contributed by atoms with Gasteiger partial charge >= 0.3 is 0 Å². The maximum Gasteiger partial charge on any atom is 0.205 e. The van der Waals surface area contributed by atoms with Gasteiger partial charge in [0.15, 0.2) is 0 Å². The quantitative estimate of drug-likeness (QED) is 0.419. The van der Waals surface area contributed by atoms with E-state index in [4.69, 9.17) is 9.16 Å². The number of ether oxygens (including phenoxy) is 1. The van der Waals surface area contributed by atoms with Gasteiger partial charge in [0, 0.05) is 7.11 Å². The number of hydrogen-bond donors (Lipinski definition) is 0. The molecule has 0 heterocycles. The normalized spacial score (nSPS) is 10.5. The van der Waals surface area contributed by atoms with Crippen LogP contribution in [0.1, 0.15) is 0 Å². The fraction of sp³-hybridized carbons (Fsp3) is 1.00. The third kappa shape index (κ3) is 6.14. The number of methoxy groups -OCH3 is 1. The molecule has 0 unspecified atom stereocenters. The second kappa shape index (κ2) is 5.28. The maximum atomic E-state index is 5.26. The molecule has 0 rings (SSSR count). The van der Waals surface area contributed by atoms with Crippen molar-refractivity contribution in [1.29, 1.82) is 0 Å². The largest absolute Gasteiger partial charge is 0.415 e. The van der Waals surface area contributed by atoms with E-state index in [1.54, 1.807) is 7.11 Å². The van der Waals surface area contributed by atoms with Crippen LogP contribution in [0, 0.1) is 0 Å². The third-order valence-corrected chi connectivity index (χ3v) is 1.46. The van der Waals surface area contributed by atoms with Crippen molar-refractivity contribution in [1.82, 2.24) is 0 Å². The number of rotatable bonds is 4. The molecular formula is C5H13O2Si. The smallest absolute Gasteiger partial charge is 0.205 e. The lowest BCUT2D eigenvalue weighted by Gasteiger charge is -2.02. The van der Waals surface area contributed by atoms with Gasteiger partial charge in [-0.1, -0.05) is 0 Å². The lowest BCUT2D eigenvalue weighted by Crippen LogP contribution is -2.11. The Bertz CT molecular complexity index is 47.7. The van der Waals surface area contributed by atoms with Crippen LogP contribution in [0.15, 0.2) is 0 Å². The highest BCUT2D eigenvalue weighted by Gasteiger charge is 1.93. The van der Waals surface area contributed by atoms with Crippen molar-refractivity contribution in [3.8, 4) is 0 Å². The second-order valence-electron chi connectivity index (χ2n) is 1.75. The first-order valence-electron chi connectivity index (χ1n) is 2.69. The van der Waals surface area contributed by atoms with Crippen molar-refractivity contribution >= 4 is 9.04 Å². The molecule has 0 fully saturated rings. The van der Waals surface area contributed by atoms with Crippen LogP contribution in [0.3, 0.4) is 0 Å². The summed E-state index contributed by atoms with van der Waals surface area (Å²) in [6, 6.07) is 0. The molecule has 0 saturated heterocycles.